The Morgan fingerprint density at radius 1 is 1.00 bits per heavy atom. The van der Waals surface area contributed by atoms with Gasteiger partial charge in [-0.15, -0.1) is 0 Å². The molecule has 1 heterocycles. The molecule has 12 heteroatoms. The third kappa shape index (κ3) is 8.90. The molecule has 0 radical (unpaired) electrons. The van der Waals surface area contributed by atoms with E-state index in [0.29, 0.717) is 12.1 Å². The van der Waals surface area contributed by atoms with Crippen LogP contribution >= 0.6 is 0 Å². The zero-order valence-corrected chi connectivity index (χ0v) is 25.7. The lowest BCUT2D eigenvalue weighted by Gasteiger charge is -2.24. The molecule has 3 N–H and O–H groups in total. The van der Waals surface area contributed by atoms with Crippen molar-refractivity contribution in [2.75, 3.05) is 11.3 Å². The molecule has 1 atom stereocenters. The average Bonchev–Trinajstić information content (AvgIpc) is 2.85. The standard InChI is InChI=1S/C30H38N4O7S/c1-18(2)15-21(31-29(37)41-30(5,6)7)17-40-25-16-23(26-19(3)11-10-12-20(26)4)32-28(33-25)34-42(38,39)24-14-9-8-13-22(24)27(35)36/h8-14,16,18,21H,15,17H2,1-7H3,(H,31,37)(H,35,36)(H,32,33,34)/t21-/m1/s1. The number of aromatic nitrogens is 2. The van der Waals surface area contributed by atoms with Crippen molar-refractivity contribution in [3.63, 3.8) is 0 Å². The van der Waals surface area contributed by atoms with Crippen LogP contribution in [0.15, 0.2) is 53.4 Å². The van der Waals surface area contributed by atoms with Gasteiger partial charge >= 0.3 is 12.1 Å². The molecule has 2 aromatic carbocycles. The minimum Gasteiger partial charge on any atom is -0.478 e. The molecular weight excluding hydrogens is 560 g/mol. The summed E-state index contributed by atoms with van der Waals surface area (Å²) in [7, 11) is -4.39. The third-order valence-corrected chi connectivity index (χ3v) is 7.37. The Bertz CT molecular complexity index is 1530. The predicted molar refractivity (Wildman–Crippen MR) is 159 cm³/mol. The second kappa shape index (κ2) is 13.2. The summed E-state index contributed by atoms with van der Waals surface area (Å²) in [6, 6.07) is 12.1. The maximum absolute atomic E-state index is 13.3. The van der Waals surface area contributed by atoms with Gasteiger partial charge in [-0.1, -0.05) is 44.2 Å². The molecule has 3 aromatic rings. The van der Waals surface area contributed by atoms with E-state index in [1.54, 1.807) is 26.8 Å². The second-order valence-electron chi connectivity index (χ2n) is 11.4. The van der Waals surface area contributed by atoms with Gasteiger partial charge in [0.2, 0.25) is 11.8 Å². The minimum atomic E-state index is -4.39. The maximum Gasteiger partial charge on any atom is 0.407 e. The van der Waals surface area contributed by atoms with Crippen LogP contribution in [-0.2, 0) is 14.8 Å². The fourth-order valence-electron chi connectivity index (χ4n) is 4.34. The molecular formula is C30H38N4O7S. The van der Waals surface area contributed by atoms with Crippen molar-refractivity contribution in [3.8, 4) is 17.1 Å². The van der Waals surface area contributed by atoms with Crippen molar-refractivity contribution in [1.82, 2.24) is 15.3 Å². The lowest BCUT2D eigenvalue weighted by molar-refractivity contribution is 0.0478. The molecule has 0 aliphatic rings. The van der Waals surface area contributed by atoms with Gasteiger partial charge in [0, 0.05) is 11.6 Å². The Balaban J connectivity index is 2.00. The molecule has 1 amide bonds. The highest BCUT2D eigenvalue weighted by atomic mass is 32.2. The summed E-state index contributed by atoms with van der Waals surface area (Å²) in [5.41, 5.74) is 1.90. The first-order chi connectivity index (χ1) is 19.6. The van der Waals surface area contributed by atoms with Crippen molar-refractivity contribution in [2.45, 2.75) is 71.4 Å². The van der Waals surface area contributed by atoms with Gasteiger partial charge in [0.15, 0.2) is 0 Å². The number of alkyl carbamates (subject to hydrolysis) is 1. The van der Waals surface area contributed by atoms with Crippen molar-refractivity contribution in [2.24, 2.45) is 5.92 Å². The van der Waals surface area contributed by atoms with Crippen LogP contribution in [0.5, 0.6) is 5.88 Å². The van der Waals surface area contributed by atoms with E-state index in [1.165, 1.54) is 24.3 Å². The summed E-state index contributed by atoms with van der Waals surface area (Å²) < 4.78 is 40.3. The number of aromatic carboxylic acids is 1. The summed E-state index contributed by atoms with van der Waals surface area (Å²) in [6.45, 7) is 13.2. The Labute approximate surface area is 246 Å². The van der Waals surface area contributed by atoms with Crippen LogP contribution in [-0.4, -0.2) is 53.8 Å². The number of rotatable bonds is 11. The quantitative estimate of drug-likeness (QED) is 0.256. The van der Waals surface area contributed by atoms with Crippen LogP contribution in [0.25, 0.3) is 11.3 Å². The Morgan fingerprint density at radius 2 is 1.64 bits per heavy atom. The molecule has 3 rings (SSSR count). The van der Waals surface area contributed by atoms with E-state index in [4.69, 9.17) is 9.47 Å². The predicted octanol–water partition coefficient (Wildman–Crippen LogP) is 5.58. The van der Waals surface area contributed by atoms with Crippen LogP contribution in [0.1, 0.15) is 62.5 Å². The molecule has 0 aliphatic heterocycles. The summed E-state index contributed by atoms with van der Waals surface area (Å²) in [5.74, 6) is -1.41. The van der Waals surface area contributed by atoms with Gasteiger partial charge < -0.3 is 19.9 Å². The molecule has 0 fully saturated rings. The molecule has 0 bridgehead atoms. The van der Waals surface area contributed by atoms with Gasteiger partial charge in [-0.3, -0.25) is 0 Å². The highest BCUT2D eigenvalue weighted by molar-refractivity contribution is 7.92. The van der Waals surface area contributed by atoms with Crippen LogP contribution < -0.4 is 14.8 Å². The van der Waals surface area contributed by atoms with Crippen molar-refractivity contribution >= 4 is 28.0 Å². The molecule has 1 aromatic heterocycles. The lowest BCUT2D eigenvalue weighted by atomic mass is 10.00. The van der Waals surface area contributed by atoms with E-state index in [0.717, 1.165) is 16.7 Å². The topological polar surface area (TPSA) is 157 Å². The molecule has 11 nitrogen and oxygen atoms in total. The molecule has 0 saturated carbocycles. The van der Waals surface area contributed by atoms with Crippen LogP contribution in [0.4, 0.5) is 10.7 Å². The second-order valence-corrected chi connectivity index (χ2v) is 13.0. The van der Waals surface area contributed by atoms with Gasteiger partial charge in [0.1, 0.15) is 17.1 Å². The monoisotopic (exact) mass is 598 g/mol. The van der Waals surface area contributed by atoms with Crippen LogP contribution in [0, 0.1) is 19.8 Å². The molecule has 0 spiro atoms. The number of carbonyl (C=O) groups is 2. The summed E-state index contributed by atoms with van der Waals surface area (Å²) in [4.78, 5) is 32.5. The highest BCUT2D eigenvalue weighted by Crippen LogP contribution is 2.30. The molecule has 226 valence electrons. The fraction of sp³-hybridized carbons (Fsp3) is 0.400. The number of carboxylic acid groups (broad SMARTS) is 1. The number of ether oxygens (including phenoxy) is 2. The number of sulfonamides is 1. The SMILES string of the molecule is Cc1cccc(C)c1-c1cc(OC[C@@H](CC(C)C)NC(=O)OC(C)(C)C)nc(NS(=O)(=O)c2ccccc2C(=O)O)n1. The molecule has 0 aliphatic carbocycles. The highest BCUT2D eigenvalue weighted by Gasteiger charge is 2.25. The van der Waals surface area contributed by atoms with Crippen molar-refractivity contribution < 1.29 is 32.6 Å². The zero-order chi connectivity index (χ0) is 31.2. The maximum atomic E-state index is 13.3. The largest absolute Gasteiger partial charge is 0.478 e. The van der Waals surface area contributed by atoms with E-state index in [9.17, 15) is 23.1 Å². The van der Waals surface area contributed by atoms with Gasteiger partial charge in [-0.25, -0.2) is 27.7 Å². The van der Waals surface area contributed by atoms with Crippen molar-refractivity contribution in [1.29, 1.82) is 0 Å². The number of hydrogen-bond acceptors (Lipinski definition) is 8. The first kappa shape index (κ1) is 32.3. The number of benzene rings is 2. The number of nitrogens with one attached hydrogen (secondary N) is 2. The summed E-state index contributed by atoms with van der Waals surface area (Å²) >= 11 is 0. The first-order valence-corrected chi connectivity index (χ1v) is 15.0. The number of nitrogens with zero attached hydrogens (tertiary/aromatic N) is 2. The number of carboxylic acids is 1. The third-order valence-electron chi connectivity index (χ3n) is 5.98. The van der Waals surface area contributed by atoms with E-state index in [1.807, 2.05) is 45.9 Å². The number of amides is 1. The van der Waals surface area contributed by atoms with Crippen LogP contribution in [0.3, 0.4) is 0 Å². The summed E-state index contributed by atoms with van der Waals surface area (Å²) in [5, 5.41) is 12.4. The Morgan fingerprint density at radius 3 is 2.24 bits per heavy atom. The van der Waals surface area contributed by atoms with Gasteiger partial charge in [0.05, 0.1) is 17.3 Å². The number of aryl methyl sites for hydroxylation is 2. The Kier molecular flexibility index (Phi) is 10.2. The van der Waals surface area contributed by atoms with E-state index in [2.05, 4.69) is 20.0 Å². The fourth-order valence-corrected chi connectivity index (χ4v) is 5.49. The number of anilines is 1. The normalized spacial score (nSPS) is 12.5. The van der Waals surface area contributed by atoms with E-state index < -0.39 is 44.2 Å². The smallest absolute Gasteiger partial charge is 0.407 e. The number of hydrogen-bond donors (Lipinski definition) is 3. The molecule has 42 heavy (non-hydrogen) atoms. The van der Waals surface area contributed by atoms with Crippen LogP contribution in [0.2, 0.25) is 0 Å². The van der Waals surface area contributed by atoms with Gasteiger partial charge in [-0.2, -0.15) is 4.98 Å². The Hall–Kier alpha value is -4.19. The van der Waals surface area contributed by atoms with Gasteiger partial charge in [-0.05, 0) is 70.2 Å². The summed E-state index contributed by atoms with van der Waals surface area (Å²) in [6.07, 6.45) is 0.000665. The number of carbonyl (C=O) groups excluding carboxylic acids is 1. The molecule has 0 saturated heterocycles. The first-order valence-electron chi connectivity index (χ1n) is 13.5. The van der Waals surface area contributed by atoms with Crippen molar-refractivity contribution in [3.05, 3.63) is 65.2 Å². The lowest BCUT2D eigenvalue weighted by Crippen LogP contribution is -2.42. The van der Waals surface area contributed by atoms with Gasteiger partial charge in [0.25, 0.3) is 10.0 Å². The van der Waals surface area contributed by atoms with E-state index in [-0.39, 0.29) is 24.4 Å². The van der Waals surface area contributed by atoms with E-state index >= 15 is 0 Å². The molecule has 0 unspecified atom stereocenters. The minimum absolute atomic E-state index is 0.0225. The zero-order valence-electron chi connectivity index (χ0n) is 24.9. The average molecular weight is 599 g/mol.